The number of ether oxygens (including phenoxy) is 3. The Bertz CT molecular complexity index is 916. The number of carbonyl (C=O) groups excluding carboxylic acids is 3. The number of hydrogen-bond acceptors (Lipinski definition) is 6. The first kappa shape index (κ1) is 57.4. The molecule has 0 aromatic rings. The third-order valence-electron chi connectivity index (χ3n) is 12.3. The molecule has 0 saturated heterocycles. The Kier molecular flexibility index (Phi) is 43.3. The lowest BCUT2D eigenvalue weighted by Crippen LogP contribution is -2.30. The van der Waals surface area contributed by atoms with Gasteiger partial charge in [-0.25, -0.2) is 0 Å². The monoisotopic (exact) mass is 835 g/mol. The predicted molar refractivity (Wildman–Crippen MR) is 252 cm³/mol. The Morgan fingerprint density at radius 3 is 0.881 bits per heavy atom. The van der Waals surface area contributed by atoms with Gasteiger partial charge in [0.1, 0.15) is 13.2 Å². The van der Waals surface area contributed by atoms with Crippen LogP contribution >= 0.6 is 0 Å². The molecule has 0 N–H and O–H groups in total. The Hall–Kier alpha value is -1.59. The molecule has 0 amide bonds. The van der Waals surface area contributed by atoms with Crippen LogP contribution in [0.25, 0.3) is 0 Å². The van der Waals surface area contributed by atoms with Gasteiger partial charge in [-0.3, -0.25) is 14.4 Å². The molecule has 1 unspecified atom stereocenters. The summed E-state index contributed by atoms with van der Waals surface area (Å²) in [6.07, 6.45) is 43.8. The van der Waals surface area contributed by atoms with Crippen LogP contribution in [0.2, 0.25) is 0 Å². The maximum Gasteiger partial charge on any atom is 0.306 e. The molecule has 2 atom stereocenters. The fourth-order valence-electron chi connectivity index (χ4n) is 7.91. The van der Waals surface area contributed by atoms with E-state index in [-0.39, 0.29) is 31.1 Å². The molecule has 0 aliphatic rings. The fraction of sp³-hybridized carbons (Fsp3) is 0.943. The molecule has 0 fully saturated rings. The van der Waals surface area contributed by atoms with E-state index < -0.39 is 6.10 Å². The van der Waals surface area contributed by atoms with E-state index in [1.165, 1.54) is 167 Å². The summed E-state index contributed by atoms with van der Waals surface area (Å²) in [5.74, 6) is 1.64. The highest BCUT2D eigenvalue weighted by atomic mass is 16.6. The van der Waals surface area contributed by atoms with Gasteiger partial charge in [-0.15, -0.1) is 0 Å². The van der Waals surface area contributed by atoms with E-state index in [2.05, 4.69) is 41.5 Å². The fourth-order valence-corrected chi connectivity index (χ4v) is 7.91. The van der Waals surface area contributed by atoms with Crippen LogP contribution in [0.15, 0.2) is 0 Å². The highest BCUT2D eigenvalue weighted by molar-refractivity contribution is 5.71. The van der Waals surface area contributed by atoms with Crippen LogP contribution in [0.4, 0.5) is 0 Å². The lowest BCUT2D eigenvalue weighted by Gasteiger charge is -2.18. The molecule has 0 saturated carbocycles. The van der Waals surface area contributed by atoms with Crippen LogP contribution < -0.4 is 0 Å². The number of esters is 3. The van der Waals surface area contributed by atoms with E-state index in [0.29, 0.717) is 19.3 Å². The molecule has 6 heteroatoms. The third kappa shape index (κ3) is 45.8. The van der Waals surface area contributed by atoms with Crippen molar-refractivity contribution in [2.24, 2.45) is 17.8 Å². The summed E-state index contributed by atoms with van der Waals surface area (Å²) in [6.45, 7) is 13.7. The van der Waals surface area contributed by atoms with E-state index in [0.717, 1.165) is 75.5 Å². The quantitative estimate of drug-likeness (QED) is 0.0345. The van der Waals surface area contributed by atoms with Crippen LogP contribution in [0.1, 0.15) is 286 Å². The Balaban J connectivity index is 4.29. The highest BCUT2D eigenvalue weighted by Gasteiger charge is 2.19. The Morgan fingerprint density at radius 2 is 0.593 bits per heavy atom. The molecule has 0 radical (unpaired) electrons. The second-order valence-electron chi connectivity index (χ2n) is 19.4. The molecule has 0 aliphatic heterocycles. The van der Waals surface area contributed by atoms with Crippen LogP contribution in [0.5, 0.6) is 0 Å². The van der Waals surface area contributed by atoms with Gasteiger partial charge in [-0.1, -0.05) is 247 Å². The van der Waals surface area contributed by atoms with Crippen molar-refractivity contribution < 1.29 is 28.6 Å². The van der Waals surface area contributed by atoms with E-state index >= 15 is 0 Å². The zero-order chi connectivity index (χ0) is 43.4. The first-order valence-corrected chi connectivity index (χ1v) is 26.1. The molecule has 0 aromatic carbocycles. The van der Waals surface area contributed by atoms with Gasteiger partial charge in [0.15, 0.2) is 6.10 Å². The summed E-state index contributed by atoms with van der Waals surface area (Å²) in [4.78, 5) is 37.9. The molecule has 0 spiro atoms. The van der Waals surface area contributed by atoms with E-state index in [1.807, 2.05) is 0 Å². The minimum absolute atomic E-state index is 0.0653. The molecule has 0 heterocycles. The van der Waals surface area contributed by atoms with Gasteiger partial charge in [0.05, 0.1) is 0 Å². The van der Waals surface area contributed by atoms with Gasteiger partial charge >= 0.3 is 17.9 Å². The van der Waals surface area contributed by atoms with Crippen LogP contribution in [-0.2, 0) is 28.6 Å². The van der Waals surface area contributed by atoms with Gasteiger partial charge < -0.3 is 14.2 Å². The molecule has 0 bridgehead atoms. The van der Waals surface area contributed by atoms with Crippen molar-refractivity contribution in [3.05, 3.63) is 0 Å². The lowest BCUT2D eigenvalue weighted by molar-refractivity contribution is -0.167. The molecule has 6 nitrogen and oxygen atoms in total. The summed E-state index contributed by atoms with van der Waals surface area (Å²) in [6, 6.07) is 0. The van der Waals surface area contributed by atoms with Crippen LogP contribution in [-0.4, -0.2) is 37.2 Å². The summed E-state index contributed by atoms with van der Waals surface area (Å²) < 4.78 is 16.8. The predicted octanol–water partition coefficient (Wildman–Crippen LogP) is 16.8. The number of unbranched alkanes of at least 4 members (excludes halogenated alkanes) is 28. The van der Waals surface area contributed by atoms with Crippen LogP contribution in [0, 0.1) is 17.8 Å². The number of rotatable bonds is 46. The summed E-state index contributed by atoms with van der Waals surface area (Å²) in [5, 5.41) is 0. The first-order chi connectivity index (χ1) is 28.6. The summed E-state index contributed by atoms with van der Waals surface area (Å²) in [7, 11) is 0. The van der Waals surface area contributed by atoms with E-state index in [1.54, 1.807) is 0 Å². The van der Waals surface area contributed by atoms with Gasteiger partial charge in [-0.2, -0.15) is 0 Å². The Labute approximate surface area is 368 Å². The minimum Gasteiger partial charge on any atom is -0.462 e. The summed E-state index contributed by atoms with van der Waals surface area (Å²) >= 11 is 0. The zero-order valence-electron chi connectivity index (χ0n) is 40.5. The van der Waals surface area contributed by atoms with Gasteiger partial charge in [0, 0.05) is 19.3 Å². The second kappa shape index (κ2) is 44.5. The largest absolute Gasteiger partial charge is 0.462 e. The first-order valence-electron chi connectivity index (χ1n) is 26.1. The van der Waals surface area contributed by atoms with Crippen molar-refractivity contribution in [3.63, 3.8) is 0 Å². The average molecular weight is 835 g/mol. The summed E-state index contributed by atoms with van der Waals surface area (Å²) in [5.41, 5.74) is 0. The smallest absolute Gasteiger partial charge is 0.306 e. The van der Waals surface area contributed by atoms with Crippen LogP contribution in [0.3, 0.4) is 0 Å². The van der Waals surface area contributed by atoms with Crippen molar-refractivity contribution in [1.82, 2.24) is 0 Å². The SMILES string of the molecule is CCC(C)CCCCCCCCCCCCCCCCC(=O)O[C@@H](COC(=O)CCCCCCCCCCCC(C)C)COC(=O)CCCCCCCCCCC(C)C. The minimum atomic E-state index is -0.763. The normalized spacial score (nSPS) is 12.6. The lowest BCUT2D eigenvalue weighted by atomic mass is 9.99. The topological polar surface area (TPSA) is 78.9 Å². The Morgan fingerprint density at radius 1 is 0.339 bits per heavy atom. The zero-order valence-corrected chi connectivity index (χ0v) is 40.5. The molecule has 350 valence electrons. The standard InChI is InChI=1S/C53H102O6/c1-7-49(6)41-35-29-23-16-12-10-8-9-11-13-17-26-32-38-44-53(56)59-50(46-58-52(55)43-37-31-25-20-19-22-28-34-40-48(4)5)45-57-51(54)42-36-30-24-18-14-15-21-27-33-39-47(2)3/h47-50H,7-46H2,1-6H3/t49?,50-/m0/s1. The van der Waals surface area contributed by atoms with Crippen molar-refractivity contribution in [1.29, 1.82) is 0 Å². The number of hydrogen-bond donors (Lipinski definition) is 0. The average Bonchev–Trinajstić information content (AvgIpc) is 3.20. The van der Waals surface area contributed by atoms with Gasteiger partial charge in [0.25, 0.3) is 0 Å². The van der Waals surface area contributed by atoms with E-state index in [9.17, 15) is 14.4 Å². The molecule has 0 rings (SSSR count). The maximum absolute atomic E-state index is 12.8. The van der Waals surface area contributed by atoms with Crippen molar-refractivity contribution >= 4 is 17.9 Å². The van der Waals surface area contributed by atoms with Crippen molar-refractivity contribution in [2.45, 2.75) is 292 Å². The third-order valence-corrected chi connectivity index (χ3v) is 12.3. The second-order valence-corrected chi connectivity index (χ2v) is 19.4. The highest BCUT2D eigenvalue weighted by Crippen LogP contribution is 2.18. The molecule has 0 aromatic heterocycles. The maximum atomic E-state index is 12.8. The molecule has 0 aliphatic carbocycles. The van der Waals surface area contributed by atoms with Gasteiger partial charge in [0.2, 0.25) is 0 Å². The van der Waals surface area contributed by atoms with Crippen molar-refractivity contribution in [2.75, 3.05) is 13.2 Å². The van der Waals surface area contributed by atoms with Crippen molar-refractivity contribution in [3.8, 4) is 0 Å². The molecule has 59 heavy (non-hydrogen) atoms. The van der Waals surface area contributed by atoms with Gasteiger partial charge in [-0.05, 0) is 37.0 Å². The molecular formula is C53H102O6. The molecular weight excluding hydrogens is 733 g/mol. The van der Waals surface area contributed by atoms with E-state index in [4.69, 9.17) is 14.2 Å². The number of carbonyl (C=O) groups is 3.